The van der Waals surface area contributed by atoms with Gasteiger partial charge in [0, 0.05) is 24.3 Å². The summed E-state index contributed by atoms with van der Waals surface area (Å²) in [7, 11) is 3.11. The van der Waals surface area contributed by atoms with Gasteiger partial charge >= 0.3 is 0 Å². The van der Waals surface area contributed by atoms with E-state index in [1.54, 1.807) is 32.4 Å². The minimum atomic E-state index is -0.447. The highest BCUT2D eigenvalue weighted by Gasteiger charge is 2.13. The van der Waals surface area contributed by atoms with Crippen LogP contribution in [-0.2, 0) is 9.47 Å². The van der Waals surface area contributed by atoms with Crippen molar-refractivity contribution < 1.29 is 9.47 Å². The molecule has 1 aromatic rings. The number of rotatable bonds is 3. The molecule has 0 aliphatic heterocycles. The van der Waals surface area contributed by atoms with Crippen molar-refractivity contribution in [2.75, 3.05) is 14.2 Å². The normalized spacial score (nSPS) is 10.2. The summed E-state index contributed by atoms with van der Waals surface area (Å²) in [6.07, 6.45) is -0.447. The third-order valence-corrected chi connectivity index (χ3v) is 2.53. The predicted molar refractivity (Wildman–Crippen MR) is 55.6 cm³/mol. The number of hydrogen-bond donors (Lipinski definition) is 0. The maximum atomic E-state index is 8.73. The zero-order valence-electron chi connectivity index (χ0n) is 7.95. The van der Waals surface area contributed by atoms with Crippen molar-refractivity contribution in [3.63, 3.8) is 0 Å². The van der Waals surface area contributed by atoms with Crippen LogP contribution in [0.25, 0.3) is 0 Å². The Kier molecular flexibility index (Phi) is 4.08. The monoisotopic (exact) mass is 255 g/mol. The molecule has 4 heteroatoms. The second kappa shape index (κ2) is 5.11. The maximum absolute atomic E-state index is 8.73. The molecule has 0 unspecified atom stereocenters. The number of nitriles is 1. The molecular weight excluding hydrogens is 246 g/mol. The number of benzene rings is 1. The first-order valence-corrected chi connectivity index (χ1v) is 4.77. The van der Waals surface area contributed by atoms with Gasteiger partial charge in [-0.25, -0.2) is 0 Å². The summed E-state index contributed by atoms with van der Waals surface area (Å²) in [5.74, 6) is 0. The van der Waals surface area contributed by atoms with Crippen LogP contribution in [0.2, 0.25) is 0 Å². The van der Waals surface area contributed by atoms with Gasteiger partial charge in [-0.05, 0) is 18.2 Å². The molecule has 1 rings (SSSR count). The fourth-order valence-corrected chi connectivity index (χ4v) is 1.58. The molecule has 0 aromatic heterocycles. The van der Waals surface area contributed by atoms with Crippen molar-refractivity contribution in [2.24, 2.45) is 0 Å². The van der Waals surface area contributed by atoms with E-state index in [4.69, 9.17) is 14.7 Å². The van der Waals surface area contributed by atoms with E-state index in [1.807, 2.05) is 0 Å². The van der Waals surface area contributed by atoms with Crippen molar-refractivity contribution in [2.45, 2.75) is 6.29 Å². The first-order chi connectivity index (χ1) is 6.72. The van der Waals surface area contributed by atoms with Gasteiger partial charge in [-0.15, -0.1) is 0 Å². The van der Waals surface area contributed by atoms with E-state index in [2.05, 4.69) is 22.0 Å². The van der Waals surface area contributed by atoms with Crippen molar-refractivity contribution in [3.8, 4) is 6.07 Å². The maximum Gasteiger partial charge on any atom is 0.184 e. The molecule has 14 heavy (non-hydrogen) atoms. The molecule has 1 aromatic carbocycles. The molecule has 0 radical (unpaired) electrons. The number of halogens is 1. The van der Waals surface area contributed by atoms with Crippen LogP contribution < -0.4 is 0 Å². The van der Waals surface area contributed by atoms with E-state index >= 15 is 0 Å². The zero-order valence-corrected chi connectivity index (χ0v) is 9.54. The molecule has 0 saturated heterocycles. The standard InChI is InChI=1S/C10H10BrNO2/c1-13-10(14-2)8-5-7(6-12)3-4-9(8)11/h3-5,10H,1-2H3. The summed E-state index contributed by atoms with van der Waals surface area (Å²) < 4.78 is 11.1. The Balaban J connectivity index is 3.12. The highest BCUT2D eigenvalue weighted by molar-refractivity contribution is 9.10. The fraction of sp³-hybridized carbons (Fsp3) is 0.300. The van der Waals surface area contributed by atoms with Crippen LogP contribution >= 0.6 is 15.9 Å². The van der Waals surface area contributed by atoms with E-state index < -0.39 is 6.29 Å². The number of methoxy groups -OCH3 is 2. The number of nitrogens with zero attached hydrogens (tertiary/aromatic N) is 1. The highest BCUT2D eigenvalue weighted by Crippen LogP contribution is 2.26. The quantitative estimate of drug-likeness (QED) is 0.780. The zero-order chi connectivity index (χ0) is 10.6. The molecule has 3 nitrogen and oxygen atoms in total. The van der Waals surface area contributed by atoms with E-state index in [-0.39, 0.29) is 0 Å². The van der Waals surface area contributed by atoms with Crippen molar-refractivity contribution in [3.05, 3.63) is 33.8 Å². The predicted octanol–water partition coefficient (Wildman–Crippen LogP) is 2.61. The fourth-order valence-electron chi connectivity index (χ4n) is 1.14. The Hall–Kier alpha value is -0.890. The van der Waals surface area contributed by atoms with Crippen LogP contribution in [-0.4, -0.2) is 14.2 Å². The number of ether oxygens (including phenoxy) is 2. The summed E-state index contributed by atoms with van der Waals surface area (Å²) in [4.78, 5) is 0. The van der Waals surface area contributed by atoms with Crippen LogP contribution in [0.3, 0.4) is 0 Å². The summed E-state index contributed by atoms with van der Waals surface area (Å²) in [5.41, 5.74) is 1.40. The average molecular weight is 256 g/mol. The second-order valence-electron chi connectivity index (χ2n) is 2.65. The van der Waals surface area contributed by atoms with Crippen LogP contribution in [0.1, 0.15) is 17.4 Å². The summed E-state index contributed by atoms with van der Waals surface area (Å²) in [5, 5.41) is 8.73. The van der Waals surface area contributed by atoms with Gasteiger partial charge in [0.15, 0.2) is 6.29 Å². The van der Waals surface area contributed by atoms with Crippen molar-refractivity contribution in [1.29, 1.82) is 5.26 Å². The Labute approximate surface area is 91.4 Å². The molecule has 0 saturated carbocycles. The molecule has 0 amide bonds. The molecule has 0 aliphatic carbocycles. The van der Waals surface area contributed by atoms with Gasteiger partial charge in [0.2, 0.25) is 0 Å². The van der Waals surface area contributed by atoms with Crippen LogP contribution in [0.5, 0.6) is 0 Å². The first-order valence-electron chi connectivity index (χ1n) is 3.98. The Morgan fingerprint density at radius 2 is 2.00 bits per heavy atom. The van der Waals surface area contributed by atoms with Gasteiger partial charge < -0.3 is 9.47 Å². The van der Waals surface area contributed by atoms with Crippen LogP contribution in [0.15, 0.2) is 22.7 Å². The summed E-state index contributed by atoms with van der Waals surface area (Å²) in [6.45, 7) is 0. The lowest BCUT2D eigenvalue weighted by atomic mass is 10.1. The van der Waals surface area contributed by atoms with Gasteiger partial charge in [-0.3, -0.25) is 0 Å². The molecule has 0 spiro atoms. The van der Waals surface area contributed by atoms with E-state index in [0.29, 0.717) is 5.56 Å². The molecule has 0 bridgehead atoms. The van der Waals surface area contributed by atoms with Crippen LogP contribution in [0, 0.1) is 11.3 Å². The molecule has 0 atom stereocenters. The Morgan fingerprint density at radius 3 is 2.50 bits per heavy atom. The minimum Gasteiger partial charge on any atom is -0.352 e. The molecule has 74 valence electrons. The first kappa shape index (κ1) is 11.2. The molecule has 0 N–H and O–H groups in total. The van der Waals surface area contributed by atoms with E-state index in [9.17, 15) is 0 Å². The lowest BCUT2D eigenvalue weighted by Gasteiger charge is -2.15. The van der Waals surface area contributed by atoms with Crippen molar-refractivity contribution in [1.82, 2.24) is 0 Å². The lowest BCUT2D eigenvalue weighted by Crippen LogP contribution is -2.04. The summed E-state index contributed by atoms with van der Waals surface area (Å²) >= 11 is 3.37. The third-order valence-electron chi connectivity index (χ3n) is 1.81. The topological polar surface area (TPSA) is 42.2 Å². The molecule has 0 aliphatic rings. The highest BCUT2D eigenvalue weighted by atomic mass is 79.9. The Morgan fingerprint density at radius 1 is 1.36 bits per heavy atom. The minimum absolute atomic E-state index is 0.447. The molecule has 0 heterocycles. The van der Waals surface area contributed by atoms with Gasteiger partial charge in [-0.1, -0.05) is 15.9 Å². The third kappa shape index (κ3) is 2.32. The summed E-state index contributed by atoms with van der Waals surface area (Å²) in [6, 6.07) is 7.34. The second-order valence-corrected chi connectivity index (χ2v) is 3.51. The van der Waals surface area contributed by atoms with Gasteiger partial charge in [0.1, 0.15) is 0 Å². The molecular formula is C10H10BrNO2. The average Bonchev–Trinajstić information content (AvgIpc) is 2.22. The van der Waals surface area contributed by atoms with Crippen LogP contribution in [0.4, 0.5) is 0 Å². The van der Waals surface area contributed by atoms with E-state index in [0.717, 1.165) is 10.0 Å². The smallest absolute Gasteiger partial charge is 0.184 e. The lowest BCUT2D eigenvalue weighted by molar-refractivity contribution is -0.106. The van der Waals surface area contributed by atoms with Gasteiger partial charge in [0.25, 0.3) is 0 Å². The van der Waals surface area contributed by atoms with Gasteiger partial charge in [0.05, 0.1) is 11.6 Å². The number of hydrogen-bond acceptors (Lipinski definition) is 3. The van der Waals surface area contributed by atoms with Gasteiger partial charge in [-0.2, -0.15) is 5.26 Å². The molecule has 0 fully saturated rings. The SMILES string of the molecule is COC(OC)c1cc(C#N)ccc1Br. The van der Waals surface area contributed by atoms with E-state index in [1.165, 1.54) is 0 Å². The van der Waals surface area contributed by atoms with Crippen molar-refractivity contribution >= 4 is 15.9 Å². The Bertz CT molecular complexity index is 356. The largest absolute Gasteiger partial charge is 0.352 e.